The van der Waals surface area contributed by atoms with Crippen LogP contribution in [0.25, 0.3) is 17.0 Å². The molecule has 2 N–H and O–H groups in total. The molecule has 1 fully saturated rings. The Morgan fingerprint density at radius 2 is 2.03 bits per heavy atom. The fourth-order valence-electron chi connectivity index (χ4n) is 4.28. The molecule has 10 heteroatoms. The first-order valence-electron chi connectivity index (χ1n) is 12.0. The summed E-state index contributed by atoms with van der Waals surface area (Å²) in [7, 11) is 0. The number of nitrogens with zero attached hydrogens (tertiary/aromatic N) is 5. The number of oxazole rings is 1. The van der Waals surface area contributed by atoms with Crippen LogP contribution in [0.2, 0.25) is 0 Å². The lowest BCUT2D eigenvalue weighted by Gasteiger charge is -2.26. The number of aromatic nitrogens is 4. The maximum Gasteiger partial charge on any atom is 0.277 e. The number of ether oxygens (including phenoxy) is 1. The van der Waals surface area contributed by atoms with Crippen molar-refractivity contribution in [2.24, 2.45) is 0 Å². The number of carbonyl (C=O) groups is 1. The third-order valence-electron chi connectivity index (χ3n) is 6.22. The van der Waals surface area contributed by atoms with Crippen LogP contribution in [0, 0.1) is 6.92 Å². The average molecular weight is 491 g/mol. The molecule has 188 valence electrons. The van der Waals surface area contributed by atoms with E-state index in [1.54, 1.807) is 36.8 Å². The van der Waals surface area contributed by atoms with Crippen LogP contribution in [0.4, 0.5) is 5.69 Å². The number of rotatable bonds is 7. The van der Waals surface area contributed by atoms with Crippen LogP contribution in [0.1, 0.15) is 41.3 Å². The van der Waals surface area contributed by atoms with E-state index >= 15 is 0 Å². The summed E-state index contributed by atoms with van der Waals surface area (Å²) in [6.07, 6.45) is 5.56. The van der Waals surface area contributed by atoms with Gasteiger partial charge < -0.3 is 19.6 Å². The number of amides is 1. The summed E-state index contributed by atoms with van der Waals surface area (Å²) in [6, 6.07) is 7.44. The molecule has 4 aromatic heterocycles. The van der Waals surface area contributed by atoms with Gasteiger partial charge >= 0.3 is 0 Å². The van der Waals surface area contributed by atoms with E-state index < -0.39 is 11.5 Å². The molecule has 0 atom stereocenters. The van der Waals surface area contributed by atoms with Crippen molar-refractivity contribution in [3.63, 3.8) is 0 Å². The molecule has 0 aromatic carbocycles. The second-order valence-corrected chi connectivity index (χ2v) is 9.55. The molecule has 1 saturated heterocycles. The molecule has 0 aliphatic carbocycles. The molecular formula is C26H30N6O4. The van der Waals surface area contributed by atoms with Crippen molar-refractivity contribution in [2.45, 2.75) is 32.8 Å². The van der Waals surface area contributed by atoms with Crippen LogP contribution >= 0.6 is 0 Å². The van der Waals surface area contributed by atoms with Crippen molar-refractivity contribution < 1.29 is 19.1 Å². The summed E-state index contributed by atoms with van der Waals surface area (Å²) in [6.45, 7) is 9.50. The van der Waals surface area contributed by atoms with Gasteiger partial charge in [-0.2, -0.15) is 5.10 Å². The van der Waals surface area contributed by atoms with Crippen molar-refractivity contribution in [3.05, 3.63) is 65.6 Å². The number of hydrogen-bond acceptors (Lipinski definition) is 8. The highest BCUT2D eigenvalue weighted by Crippen LogP contribution is 2.30. The van der Waals surface area contributed by atoms with Crippen molar-refractivity contribution in [1.29, 1.82) is 0 Å². The lowest BCUT2D eigenvalue weighted by atomic mass is 9.98. The Labute approximate surface area is 208 Å². The molecule has 0 radical (unpaired) electrons. The van der Waals surface area contributed by atoms with Crippen LogP contribution in [0.5, 0.6) is 0 Å². The normalized spacial score (nSPS) is 14.9. The van der Waals surface area contributed by atoms with E-state index in [9.17, 15) is 9.90 Å². The first kappa shape index (κ1) is 24.1. The molecular weight excluding hydrogens is 460 g/mol. The lowest BCUT2D eigenvalue weighted by Crippen LogP contribution is -2.37. The molecule has 1 aliphatic rings. The van der Waals surface area contributed by atoms with Crippen molar-refractivity contribution in [1.82, 2.24) is 24.5 Å². The predicted octanol–water partition coefficient (Wildman–Crippen LogP) is 3.05. The molecule has 0 saturated carbocycles. The maximum atomic E-state index is 13.1. The third-order valence-corrected chi connectivity index (χ3v) is 6.22. The molecule has 5 rings (SSSR count). The summed E-state index contributed by atoms with van der Waals surface area (Å²) in [4.78, 5) is 23.9. The quantitative estimate of drug-likeness (QED) is 0.406. The molecule has 1 aliphatic heterocycles. The zero-order valence-electron chi connectivity index (χ0n) is 20.7. The van der Waals surface area contributed by atoms with Crippen LogP contribution in [0.3, 0.4) is 0 Å². The Hall–Kier alpha value is -3.60. The third kappa shape index (κ3) is 5.30. The zero-order chi connectivity index (χ0) is 25.3. The van der Waals surface area contributed by atoms with Gasteiger partial charge in [0.05, 0.1) is 35.7 Å². The monoisotopic (exact) mass is 490 g/mol. The Morgan fingerprint density at radius 1 is 1.22 bits per heavy atom. The zero-order valence-corrected chi connectivity index (χ0v) is 20.7. The predicted molar refractivity (Wildman–Crippen MR) is 134 cm³/mol. The van der Waals surface area contributed by atoms with Crippen molar-refractivity contribution in [2.75, 3.05) is 38.2 Å². The molecule has 5 heterocycles. The fraction of sp³-hybridized carbons (Fsp3) is 0.385. The SMILES string of the molecule is Cc1cc(-c2nc(C(=O)Nc3cc4cc(CCN5CCOCC5)nn4cc3C(C)(C)O)co2)ccn1. The topological polar surface area (TPSA) is 118 Å². The van der Waals surface area contributed by atoms with Crippen molar-refractivity contribution >= 4 is 17.1 Å². The molecule has 0 spiro atoms. The minimum absolute atomic E-state index is 0.140. The van der Waals surface area contributed by atoms with Gasteiger partial charge in [0.25, 0.3) is 5.91 Å². The first-order chi connectivity index (χ1) is 17.3. The Balaban J connectivity index is 1.38. The second kappa shape index (κ2) is 9.81. The van der Waals surface area contributed by atoms with Gasteiger partial charge in [0.1, 0.15) is 6.26 Å². The standard InChI is InChI=1S/C26H30N6O4/c1-17-12-18(4-6-27-17)25-29-23(16-36-25)24(33)28-22-14-20-13-19(5-7-31-8-10-35-11-9-31)30-32(20)15-21(22)26(2,3)34/h4,6,12-16,34H,5,7-11H2,1-3H3,(H,28,33). The van der Waals surface area contributed by atoms with Gasteiger partial charge in [0.15, 0.2) is 5.69 Å². The van der Waals surface area contributed by atoms with Crippen molar-refractivity contribution in [3.8, 4) is 11.5 Å². The number of hydrogen-bond donors (Lipinski definition) is 2. The summed E-state index contributed by atoms with van der Waals surface area (Å²) >= 11 is 0. The molecule has 0 unspecified atom stereocenters. The van der Waals surface area contributed by atoms with Crippen LogP contribution < -0.4 is 5.32 Å². The van der Waals surface area contributed by atoms with E-state index in [0.717, 1.165) is 61.7 Å². The fourth-order valence-corrected chi connectivity index (χ4v) is 4.28. The maximum absolute atomic E-state index is 13.1. The number of carbonyl (C=O) groups excluding carboxylic acids is 1. The lowest BCUT2D eigenvalue weighted by molar-refractivity contribution is 0.0383. The first-order valence-corrected chi connectivity index (χ1v) is 12.0. The minimum Gasteiger partial charge on any atom is -0.444 e. The number of nitrogens with one attached hydrogen (secondary N) is 1. The highest BCUT2D eigenvalue weighted by atomic mass is 16.5. The second-order valence-electron chi connectivity index (χ2n) is 9.55. The number of aliphatic hydroxyl groups is 1. The van der Waals surface area contributed by atoms with E-state index in [1.807, 2.05) is 25.1 Å². The average Bonchev–Trinajstić information content (AvgIpc) is 3.49. The summed E-state index contributed by atoms with van der Waals surface area (Å²) in [5.74, 6) is -0.0952. The van der Waals surface area contributed by atoms with E-state index in [1.165, 1.54) is 6.26 Å². The van der Waals surface area contributed by atoms with Gasteiger partial charge in [0.2, 0.25) is 5.89 Å². The minimum atomic E-state index is -1.21. The summed E-state index contributed by atoms with van der Waals surface area (Å²) in [5.41, 5.74) is 3.29. The van der Waals surface area contributed by atoms with Crippen LogP contribution in [0.15, 0.2) is 47.3 Å². The van der Waals surface area contributed by atoms with Gasteiger partial charge in [-0.3, -0.25) is 14.7 Å². The highest BCUT2D eigenvalue weighted by molar-refractivity contribution is 6.03. The number of morpholine rings is 1. The number of pyridine rings is 2. The number of anilines is 1. The Kier molecular flexibility index (Phi) is 6.57. The van der Waals surface area contributed by atoms with Crippen LogP contribution in [-0.2, 0) is 16.8 Å². The van der Waals surface area contributed by atoms with Gasteiger partial charge in [-0.25, -0.2) is 9.50 Å². The molecule has 1 amide bonds. The highest BCUT2D eigenvalue weighted by Gasteiger charge is 2.24. The largest absolute Gasteiger partial charge is 0.444 e. The molecule has 10 nitrogen and oxygen atoms in total. The van der Waals surface area contributed by atoms with Gasteiger partial charge in [-0.05, 0) is 45.0 Å². The summed E-state index contributed by atoms with van der Waals surface area (Å²) in [5, 5.41) is 18.4. The smallest absolute Gasteiger partial charge is 0.277 e. The molecule has 4 aromatic rings. The molecule has 36 heavy (non-hydrogen) atoms. The van der Waals surface area contributed by atoms with Gasteiger partial charge in [0, 0.05) is 55.3 Å². The number of aryl methyl sites for hydroxylation is 1. The number of fused-ring (bicyclic) bond motifs is 1. The van der Waals surface area contributed by atoms with Crippen LogP contribution in [-0.4, -0.2) is 68.3 Å². The Bertz CT molecular complexity index is 1380. The van der Waals surface area contributed by atoms with E-state index in [4.69, 9.17) is 14.3 Å². The van der Waals surface area contributed by atoms with E-state index in [-0.39, 0.29) is 5.69 Å². The van der Waals surface area contributed by atoms with E-state index in [2.05, 4.69) is 20.2 Å². The van der Waals surface area contributed by atoms with Gasteiger partial charge in [-0.1, -0.05) is 0 Å². The van der Waals surface area contributed by atoms with E-state index in [0.29, 0.717) is 17.1 Å². The summed E-state index contributed by atoms with van der Waals surface area (Å²) < 4.78 is 12.7. The van der Waals surface area contributed by atoms with Gasteiger partial charge in [-0.15, -0.1) is 0 Å². The Morgan fingerprint density at radius 3 is 2.78 bits per heavy atom. The molecule has 0 bridgehead atoms.